The van der Waals surface area contributed by atoms with Crippen LogP contribution in [0.3, 0.4) is 0 Å². The lowest BCUT2D eigenvalue weighted by Crippen LogP contribution is -2.23. The van der Waals surface area contributed by atoms with Crippen LogP contribution in [0.1, 0.15) is 22.8 Å². The molecular weight excluding hydrogens is 372 g/mol. The van der Waals surface area contributed by atoms with Gasteiger partial charge in [-0.3, -0.25) is 9.59 Å². The smallest absolute Gasteiger partial charge is 0.258 e. The van der Waals surface area contributed by atoms with E-state index in [1.807, 2.05) is 26.0 Å². The minimum absolute atomic E-state index is 0.201. The van der Waals surface area contributed by atoms with Crippen LogP contribution in [0.5, 0.6) is 17.2 Å². The zero-order valence-corrected chi connectivity index (χ0v) is 17.2. The number of hydrogen-bond acceptors (Lipinski definition) is 5. The first-order valence-corrected chi connectivity index (χ1v) is 9.18. The van der Waals surface area contributed by atoms with Gasteiger partial charge >= 0.3 is 0 Å². The molecule has 7 heteroatoms. The molecule has 2 aromatic carbocycles. The first-order valence-electron chi connectivity index (χ1n) is 9.18. The molecule has 0 aliphatic heterocycles. The summed E-state index contributed by atoms with van der Waals surface area (Å²) in [5.74, 6) is 1.07. The normalized spacial score (nSPS) is 10.7. The van der Waals surface area contributed by atoms with Crippen LogP contribution >= 0.6 is 0 Å². The number of carbonyl (C=O) groups excluding carboxylic acids is 1. The highest BCUT2D eigenvalue weighted by atomic mass is 16.5. The van der Waals surface area contributed by atoms with Crippen LogP contribution in [0.4, 0.5) is 5.69 Å². The van der Waals surface area contributed by atoms with E-state index < -0.39 is 0 Å². The quantitative estimate of drug-likeness (QED) is 0.689. The Bertz CT molecular complexity index is 1130. The van der Waals surface area contributed by atoms with Crippen molar-refractivity contribution in [3.63, 3.8) is 0 Å². The van der Waals surface area contributed by atoms with Gasteiger partial charge in [0.2, 0.25) is 0 Å². The van der Waals surface area contributed by atoms with Crippen molar-refractivity contribution in [2.75, 3.05) is 26.6 Å². The fourth-order valence-electron chi connectivity index (χ4n) is 3.24. The van der Waals surface area contributed by atoms with Crippen LogP contribution in [-0.2, 0) is 6.54 Å². The molecule has 0 saturated heterocycles. The lowest BCUT2D eigenvalue weighted by molar-refractivity contribution is 0.102. The SMILES string of the molecule is CCn1cc(C(=O)Nc2cc(C)ccc2OC)c2cc(OC)c(OC)cc2c1=O. The molecule has 29 heavy (non-hydrogen) atoms. The number of methoxy groups -OCH3 is 3. The molecule has 1 aromatic heterocycles. The molecule has 0 unspecified atom stereocenters. The van der Waals surface area contributed by atoms with Gasteiger partial charge in [0.05, 0.1) is 38.0 Å². The summed E-state index contributed by atoms with van der Waals surface area (Å²) in [6.07, 6.45) is 1.56. The summed E-state index contributed by atoms with van der Waals surface area (Å²) < 4.78 is 17.5. The monoisotopic (exact) mass is 396 g/mol. The number of rotatable bonds is 6. The molecule has 1 amide bonds. The third kappa shape index (κ3) is 3.76. The van der Waals surface area contributed by atoms with Gasteiger partial charge in [0.15, 0.2) is 11.5 Å². The van der Waals surface area contributed by atoms with E-state index in [1.165, 1.54) is 18.8 Å². The molecular formula is C22H24N2O5. The van der Waals surface area contributed by atoms with Gasteiger partial charge in [-0.05, 0) is 43.7 Å². The lowest BCUT2D eigenvalue weighted by atomic mass is 10.0. The lowest BCUT2D eigenvalue weighted by Gasteiger charge is -2.15. The van der Waals surface area contributed by atoms with E-state index in [9.17, 15) is 9.59 Å². The van der Waals surface area contributed by atoms with Crippen molar-refractivity contribution in [1.82, 2.24) is 4.57 Å². The van der Waals surface area contributed by atoms with Crippen molar-refractivity contribution >= 4 is 22.4 Å². The minimum Gasteiger partial charge on any atom is -0.495 e. The minimum atomic E-state index is -0.353. The summed E-state index contributed by atoms with van der Waals surface area (Å²) in [5, 5.41) is 3.77. The first kappa shape index (κ1) is 20.3. The Morgan fingerprint density at radius 1 is 0.966 bits per heavy atom. The Morgan fingerprint density at radius 3 is 2.17 bits per heavy atom. The van der Waals surface area contributed by atoms with Crippen molar-refractivity contribution in [2.24, 2.45) is 0 Å². The Hall–Kier alpha value is -3.48. The highest BCUT2D eigenvalue weighted by Gasteiger charge is 2.19. The molecule has 0 bridgehead atoms. The zero-order valence-electron chi connectivity index (χ0n) is 17.2. The van der Waals surface area contributed by atoms with E-state index >= 15 is 0 Å². The van der Waals surface area contributed by atoms with Crippen LogP contribution in [-0.4, -0.2) is 31.8 Å². The van der Waals surface area contributed by atoms with E-state index in [2.05, 4.69) is 5.32 Å². The van der Waals surface area contributed by atoms with E-state index in [4.69, 9.17) is 14.2 Å². The van der Waals surface area contributed by atoms with Crippen molar-refractivity contribution in [1.29, 1.82) is 0 Å². The number of amides is 1. The Labute approximate surface area is 168 Å². The van der Waals surface area contributed by atoms with Gasteiger partial charge in [0, 0.05) is 18.1 Å². The maximum Gasteiger partial charge on any atom is 0.258 e. The number of aryl methyl sites for hydroxylation is 2. The molecule has 7 nitrogen and oxygen atoms in total. The second kappa shape index (κ2) is 8.26. The molecule has 3 rings (SSSR count). The van der Waals surface area contributed by atoms with Crippen LogP contribution in [0, 0.1) is 6.92 Å². The average Bonchev–Trinajstić information content (AvgIpc) is 2.73. The standard InChI is InChI=1S/C22H24N2O5/c1-6-24-12-16(21(25)23-17-9-13(2)7-8-18(17)27-3)14-10-19(28-4)20(29-5)11-15(14)22(24)26/h7-12H,6H2,1-5H3,(H,23,25). The second-order valence-electron chi connectivity index (χ2n) is 6.54. The Kier molecular flexibility index (Phi) is 5.77. The van der Waals surface area contributed by atoms with Crippen molar-refractivity contribution in [3.8, 4) is 17.2 Å². The van der Waals surface area contributed by atoms with E-state index in [-0.39, 0.29) is 11.5 Å². The maximum absolute atomic E-state index is 13.2. The maximum atomic E-state index is 13.2. The fourth-order valence-corrected chi connectivity index (χ4v) is 3.24. The molecule has 3 aromatic rings. The van der Waals surface area contributed by atoms with E-state index in [0.29, 0.717) is 45.8 Å². The van der Waals surface area contributed by atoms with Crippen LogP contribution < -0.4 is 25.1 Å². The molecule has 1 N–H and O–H groups in total. The third-order valence-corrected chi connectivity index (χ3v) is 4.78. The van der Waals surface area contributed by atoms with Crippen molar-refractivity contribution < 1.29 is 19.0 Å². The number of hydrogen-bond donors (Lipinski definition) is 1. The number of benzene rings is 2. The summed E-state index contributed by atoms with van der Waals surface area (Å²) >= 11 is 0. The number of pyridine rings is 1. The van der Waals surface area contributed by atoms with Gasteiger partial charge in [-0.25, -0.2) is 0 Å². The summed E-state index contributed by atoms with van der Waals surface area (Å²) in [5.41, 5.74) is 1.69. The zero-order chi connectivity index (χ0) is 21.1. The summed E-state index contributed by atoms with van der Waals surface area (Å²) in [7, 11) is 4.56. The molecule has 0 spiro atoms. The number of aromatic nitrogens is 1. The Morgan fingerprint density at radius 2 is 1.59 bits per heavy atom. The largest absolute Gasteiger partial charge is 0.495 e. The van der Waals surface area contributed by atoms with Gasteiger partial charge in [0.25, 0.3) is 11.5 Å². The summed E-state index contributed by atoms with van der Waals surface area (Å²) in [6.45, 7) is 4.20. The topological polar surface area (TPSA) is 78.8 Å². The number of ether oxygens (including phenoxy) is 3. The fraction of sp³-hybridized carbons (Fsp3) is 0.273. The third-order valence-electron chi connectivity index (χ3n) is 4.78. The molecule has 0 aliphatic carbocycles. The van der Waals surface area contributed by atoms with Crippen molar-refractivity contribution in [2.45, 2.75) is 20.4 Å². The second-order valence-corrected chi connectivity index (χ2v) is 6.54. The van der Waals surface area contributed by atoms with Crippen molar-refractivity contribution in [3.05, 3.63) is 58.0 Å². The van der Waals surface area contributed by atoms with Crippen LogP contribution in [0.2, 0.25) is 0 Å². The van der Waals surface area contributed by atoms with Crippen LogP contribution in [0.25, 0.3) is 10.8 Å². The summed E-state index contributed by atoms with van der Waals surface area (Å²) in [4.78, 5) is 26.0. The molecule has 0 radical (unpaired) electrons. The van der Waals surface area contributed by atoms with Gasteiger partial charge in [-0.1, -0.05) is 6.07 Å². The number of nitrogens with zero attached hydrogens (tertiary/aromatic N) is 1. The predicted molar refractivity (Wildman–Crippen MR) is 113 cm³/mol. The number of carbonyl (C=O) groups is 1. The number of anilines is 1. The highest BCUT2D eigenvalue weighted by Crippen LogP contribution is 2.33. The molecule has 0 atom stereocenters. The molecule has 0 saturated carbocycles. The van der Waals surface area contributed by atoms with Gasteiger partial charge in [-0.2, -0.15) is 0 Å². The molecule has 152 valence electrons. The first-order chi connectivity index (χ1) is 13.9. The van der Waals surface area contributed by atoms with Gasteiger partial charge in [-0.15, -0.1) is 0 Å². The number of nitrogens with one attached hydrogen (secondary N) is 1. The van der Waals surface area contributed by atoms with Crippen LogP contribution in [0.15, 0.2) is 41.3 Å². The average molecular weight is 396 g/mol. The van der Waals surface area contributed by atoms with Gasteiger partial charge < -0.3 is 24.1 Å². The van der Waals surface area contributed by atoms with E-state index in [1.54, 1.807) is 31.5 Å². The molecule has 1 heterocycles. The Balaban J connectivity index is 2.20. The molecule has 0 aliphatic rings. The van der Waals surface area contributed by atoms with E-state index in [0.717, 1.165) is 5.56 Å². The predicted octanol–water partition coefficient (Wildman–Crippen LogP) is 3.61. The summed E-state index contributed by atoms with van der Waals surface area (Å²) in [6, 6.07) is 8.78. The van der Waals surface area contributed by atoms with Gasteiger partial charge in [0.1, 0.15) is 5.75 Å². The highest BCUT2D eigenvalue weighted by molar-refractivity contribution is 6.13. The number of fused-ring (bicyclic) bond motifs is 1. The molecule has 0 fully saturated rings.